The first-order valence-electron chi connectivity index (χ1n) is 7.71. The number of hydrogen-bond donors (Lipinski definition) is 2. The van der Waals surface area contributed by atoms with Gasteiger partial charge >= 0.3 is 0 Å². The minimum atomic E-state index is -0.259. The van der Waals surface area contributed by atoms with E-state index in [1.54, 1.807) is 12.1 Å². The molecule has 0 spiro atoms. The molecule has 0 unspecified atom stereocenters. The minimum Gasteiger partial charge on any atom is -0.325 e. The van der Waals surface area contributed by atoms with E-state index in [-0.39, 0.29) is 23.7 Å². The summed E-state index contributed by atoms with van der Waals surface area (Å²) in [6.07, 6.45) is 0. The van der Waals surface area contributed by atoms with Gasteiger partial charge in [-0.3, -0.25) is 4.79 Å². The Morgan fingerprint density at radius 3 is 2.35 bits per heavy atom. The predicted molar refractivity (Wildman–Crippen MR) is 91.9 cm³/mol. The van der Waals surface area contributed by atoms with Crippen LogP contribution in [0.3, 0.4) is 0 Å². The Morgan fingerprint density at radius 1 is 1.04 bits per heavy atom. The standard InChI is InChI=1S/C19H23FN2O/c1-19(2,3)16-6-4-5-7-17(16)22-18(23)13-21-12-14-8-10-15(20)11-9-14/h4-11,21H,12-13H2,1-3H3,(H,22,23). The van der Waals surface area contributed by atoms with E-state index in [2.05, 4.69) is 31.4 Å². The summed E-state index contributed by atoms with van der Waals surface area (Å²) in [7, 11) is 0. The van der Waals surface area contributed by atoms with Gasteiger partial charge in [-0.25, -0.2) is 4.39 Å². The Bertz CT molecular complexity index is 660. The number of rotatable bonds is 5. The molecular formula is C19H23FN2O. The van der Waals surface area contributed by atoms with E-state index >= 15 is 0 Å². The van der Waals surface area contributed by atoms with Crippen LogP contribution in [0.1, 0.15) is 31.9 Å². The number of carbonyl (C=O) groups excluding carboxylic acids is 1. The van der Waals surface area contributed by atoms with Gasteiger partial charge in [-0.2, -0.15) is 0 Å². The molecule has 0 aliphatic heterocycles. The van der Waals surface area contributed by atoms with Crippen LogP contribution in [0, 0.1) is 5.82 Å². The van der Waals surface area contributed by atoms with Gasteiger partial charge in [0.05, 0.1) is 6.54 Å². The van der Waals surface area contributed by atoms with Crippen molar-refractivity contribution in [3.63, 3.8) is 0 Å². The molecule has 122 valence electrons. The maximum atomic E-state index is 12.8. The summed E-state index contributed by atoms with van der Waals surface area (Å²) < 4.78 is 12.8. The number of benzene rings is 2. The number of hydrogen-bond acceptors (Lipinski definition) is 2. The third kappa shape index (κ3) is 5.18. The second-order valence-corrected chi connectivity index (χ2v) is 6.57. The molecule has 3 nitrogen and oxygen atoms in total. The molecule has 0 heterocycles. The lowest BCUT2D eigenvalue weighted by Gasteiger charge is -2.23. The van der Waals surface area contributed by atoms with Crippen molar-refractivity contribution < 1.29 is 9.18 Å². The molecule has 0 saturated heterocycles. The zero-order chi connectivity index (χ0) is 16.9. The Morgan fingerprint density at radius 2 is 1.70 bits per heavy atom. The molecule has 2 N–H and O–H groups in total. The summed E-state index contributed by atoms with van der Waals surface area (Å²) in [6.45, 7) is 7.07. The van der Waals surface area contributed by atoms with Gasteiger partial charge in [0.15, 0.2) is 0 Å². The smallest absolute Gasteiger partial charge is 0.238 e. The van der Waals surface area contributed by atoms with Crippen molar-refractivity contribution in [1.29, 1.82) is 0 Å². The quantitative estimate of drug-likeness (QED) is 0.880. The predicted octanol–water partition coefficient (Wildman–Crippen LogP) is 3.85. The Balaban J connectivity index is 1.89. The fourth-order valence-corrected chi connectivity index (χ4v) is 2.36. The van der Waals surface area contributed by atoms with Crippen LogP contribution >= 0.6 is 0 Å². The van der Waals surface area contributed by atoms with E-state index in [4.69, 9.17) is 0 Å². The van der Waals surface area contributed by atoms with E-state index in [1.165, 1.54) is 12.1 Å². The lowest BCUT2D eigenvalue weighted by molar-refractivity contribution is -0.115. The zero-order valence-corrected chi connectivity index (χ0v) is 13.8. The first kappa shape index (κ1) is 17.2. The summed E-state index contributed by atoms with van der Waals surface area (Å²) in [5, 5.41) is 6.02. The van der Waals surface area contributed by atoms with Crippen LogP contribution in [0.15, 0.2) is 48.5 Å². The first-order valence-corrected chi connectivity index (χ1v) is 7.71. The van der Waals surface area contributed by atoms with E-state index in [9.17, 15) is 9.18 Å². The highest BCUT2D eigenvalue weighted by Crippen LogP contribution is 2.29. The molecule has 2 aromatic carbocycles. The molecule has 0 radical (unpaired) electrons. The SMILES string of the molecule is CC(C)(C)c1ccccc1NC(=O)CNCc1ccc(F)cc1. The number of carbonyl (C=O) groups is 1. The number of amides is 1. The third-order valence-corrected chi connectivity index (χ3v) is 3.54. The monoisotopic (exact) mass is 314 g/mol. The van der Waals surface area contributed by atoms with Gasteiger partial charge in [0.2, 0.25) is 5.91 Å². The van der Waals surface area contributed by atoms with Gasteiger partial charge in [0, 0.05) is 12.2 Å². The molecule has 0 aliphatic rings. The number of para-hydroxylation sites is 1. The topological polar surface area (TPSA) is 41.1 Å². The van der Waals surface area contributed by atoms with Crippen molar-refractivity contribution >= 4 is 11.6 Å². The molecule has 0 bridgehead atoms. The van der Waals surface area contributed by atoms with Crippen LogP contribution in [0.25, 0.3) is 0 Å². The average Bonchev–Trinajstić information content (AvgIpc) is 2.49. The van der Waals surface area contributed by atoms with Crippen molar-refractivity contribution in [3.8, 4) is 0 Å². The minimum absolute atomic E-state index is 0.0363. The summed E-state index contributed by atoms with van der Waals surface area (Å²) in [5.74, 6) is -0.353. The van der Waals surface area contributed by atoms with Gasteiger partial charge in [-0.15, -0.1) is 0 Å². The van der Waals surface area contributed by atoms with Crippen molar-refractivity contribution in [1.82, 2.24) is 5.32 Å². The molecule has 2 aromatic rings. The average molecular weight is 314 g/mol. The number of nitrogens with one attached hydrogen (secondary N) is 2. The molecule has 23 heavy (non-hydrogen) atoms. The molecule has 0 aromatic heterocycles. The summed E-state index contributed by atoms with van der Waals surface area (Å²) in [5.41, 5.74) is 2.85. The van der Waals surface area contributed by atoms with Gasteiger partial charge in [-0.05, 0) is 34.7 Å². The van der Waals surface area contributed by atoms with Crippen LogP contribution in [0.5, 0.6) is 0 Å². The molecule has 1 amide bonds. The van der Waals surface area contributed by atoms with Crippen LogP contribution < -0.4 is 10.6 Å². The largest absolute Gasteiger partial charge is 0.325 e. The molecule has 4 heteroatoms. The van der Waals surface area contributed by atoms with Crippen LogP contribution in [-0.4, -0.2) is 12.5 Å². The van der Waals surface area contributed by atoms with Crippen molar-refractivity contribution in [2.45, 2.75) is 32.7 Å². The Kier molecular flexibility index (Phi) is 5.50. The molecule has 0 aliphatic carbocycles. The fourth-order valence-electron chi connectivity index (χ4n) is 2.36. The fraction of sp³-hybridized carbons (Fsp3) is 0.316. The molecule has 0 fully saturated rings. The molecular weight excluding hydrogens is 291 g/mol. The summed E-state index contributed by atoms with van der Waals surface area (Å²) >= 11 is 0. The maximum Gasteiger partial charge on any atom is 0.238 e. The Hall–Kier alpha value is -2.20. The zero-order valence-electron chi connectivity index (χ0n) is 13.8. The van der Waals surface area contributed by atoms with Gasteiger partial charge in [0.1, 0.15) is 5.82 Å². The highest BCUT2D eigenvalue weighted by molar-refractivity contribution is 5.93. The summed E-state index contributed by atoms with van der Waals surface area (Å²) in [4.78, 5) is 12.1. The van der Waals surface area contributed by atoms with E-state index in [1.807, 2.05) is 24.3 Å². The van der Waals surface area contributed by atoms with Gasteiger partial charge in [-0.1, -0.05) is 51.1 Å². The molecule has 2 rings (SSSR count). The van der Waals surface area contributed by atoms with Gasteiger partial charge in [0.25, 0.3) is 0 Å². The van der Waals surface area contributed by atoms with Crippen molar-refractivity contribution in [2.75, 3.05) is 11.9 Å². The van der Waals surface area contributed by atoms with E-state index in [0.717, 1.165) is 16.8 Å². The van der Waals surface area contributed by atoms with Crippen LogP contribution in [0.2, 0.25) is 0 Å². The third-order valence-electron chi connectivity index (χ3n) is 3.54. The Labute approximate surface area is 136 Å². The number of halogens is 1. The van der Waals surface area contributed by atoms with Crippen molar-refractivity contribution in [2.24, 2.45) is 0 Å². The normalized spacial score (nSPS) is 11.3. The highest BCUT2D eigenvalue weighted by atomic mass is 19.1. The first-order chi connectivity index (χ1) is 10.9. The van der Waals surface area contributed by atoms with E-state index in [0.29, 0.717) is 6.54 Å². The lowest BCUT2D eigenvalue weighted by atomic mass is 9.86. The second kappa shape index (κ2) is 7.38. The second-order valence-electron chi connectivity index (χ2n) is 6.57. The van der Waals surface area contributed by atoms with Crippen LogP contribution in [-0.2, 0) is 16.8 Å². The maximum absolute atomic E-state index is 12.8. The number of anilines is 1. The van der Waals surface area contributed by atoms with Crippen molar-refractivity contribution in [3.05, 3.63) is 65.5 Å². The van der Waals surface area contributed by atoms with Crippen LogP contribution in [0.4, 0.5) is 10.1 Å². The van der Waals surface area contributed by atoms with Gasteiger partial charge < -0.3 is 10.6 Å². The highest BCUT2D eigenvalue weighted by Gasteiger charge is 2.18. The molecule has 0 saturated carbocycles. The van der Waals surface area contributed by atoms with E-state index < -0.39 is 0 Å². The molecule has 0 atom stereocenters. The lowest BCUT2D eigenvalue weighted by Crippen LogP contribution is -2.28. The summed E-state index contributed by atoms with van der Waals surface area (Å²) in [6, 6.07) is 14.1.